The van der Waals surface area contributed by atoms with E-state index in [-0.39, 0.29) is 0 Å². The van der Waals surface area contributed by atoms with Crippen molar-refractivity contribution in [3.05, 3.63) is 29.6 Å². The van der Waals surface area contributed by atoms with E-state index in [9.17, 15) is 18.8 Å². The van der Waals surface area contributed by atoms with Gasteiger partial charge in [-0.05, 0) is 37.1 Å². The maximum Gasteiger partial charge on any atom is 0.335 e. The molecule has 1 N–H and O–H groups in total. The molecule has 4 amide bonds. The molecule has 5 nitrogen and oxygen atoms in total. The summed E-state index contributed by atoms with van der Waals surface area (Å²) in [4.78, 5) is 36.8. The monoisotopic (exact) mass is 278 g/mol. The maximum absolute atomic E-state index is 13.1. The van der Waals surface area contributed by atoms with Gasteiger partial charge in [0.15, 0.2) is 0 Å². The summed E-state index contributed by atoms with van der Waals surface area (Å²) in [5.74, 6) is -2.45. The molecule has 106 valence electrons. The summed E-state index contributed by atoms with van der Waals surface area (Å²) in [6.45, 7) is 3.45. The lowest BCUT2D eigenvalue weighted by atomic mass is 9.98. The zero-order chi connectivity index (χ0) is 14.9. The van der Waals surface area contributed by atoms with Gasteiger partial charge in [-0.2, -0.15) is 0 Å². The van der Waals surface area contributed by atoms with E-state index in [1.807, 2.05) is 6.92 Å². The van der Waals surface area contributed by atoms with Crippen molar-refractivity contribution in [2.24, 2.45) is 5.92 Å². The van der Waals surface area contributed by atoms with Gasteiger partial charge in [0.2, 0.25) is 11.8 Å². The Hall–Kier alpha value is -2.24. The van der Waals surface area contributed by atoms with E-state index >= 15 is 0 Å². The summed E-state index contributed by atoms with van der Waals surface area (Å²) in [7, 11) is 0. The molecule has 0 bridgehead atoms. The fourth-order valence-electron chi connectivity index (χ4n) is 2.26. The van der Waals surface area contributed by atoms with Crippen LogP contribution in [0.4, 0.5) is 14.9 Å². The van der Waals surface area contributed by atoms with Crippen LogP contribution in [0.3, 0.4) is 0 Å². The SMILES string of the molecule is CCCC1C(=O)NC(=O)N(c2ccc(F)cc2C)C1=O. The van der Waals surface area contributed by atoms with Gasteiger partial charge in [-0.3, -0.25) is 14.9 Å². The number of barbiturate groups is 1. The van der Waals surface area contributed by atoms with Crippen molar-refractivity contribution in [3.8, 4) is 0 Å². The van der Waals surface area contributed by atoms with Crippen LogP contribution in [0, 0.1) is 18.7 Å². The second-order valence-electron chi connectivity index (χ2n) is 4.74. The minimum absolute atomic E-state index is 0.294. The molecule has 1 heterocycles. The Morgan fingerprint density at radius 1 is 1.30 bits per heavy atom. The number of carbonyl (C=O) groups is 3. The molecule has 0 aliphatic carbocycles. The third kappa shape index (κ3) is 2.41. The fourth-order valence-corrected chi connectivity index (χ4v) is 2.26. The average molecular weight is 278 g/mol. The third-order valence-electron chi connectivity index (χ3n) is 3.25. The molecular formula is C14H15FN2O3. The molecule has 0 aromatic heterocycles. The lowest BCUT2D eigenvalue weighted by Gasteiger charge is -2.30. The van der Waals surface area contributed by atoms with Gasteiger partial charge < -0.3 is 0 Å². The van der Waals surface area contributed by atoms with E-state index in [4.69, 9.17) is 0 Å². The van der Waals surface area contributed by atoms with Gasteiger partial charge in [0, 0.05) is 0 Å². The number of nitrogens with one attached hydrogen (secondary N) is 1. The molecule has 1 aliphatic rings. The highest BCUT2D eigenvalue weighted by Crippen LogP contribution is 2.26. The first-order valence-electron chi connectivity index (χ1n) is 6.40. The van der Waals surface area contributed by atoms with Crippen molar-refractivity contribution in [1.29, 1.82) is 0 Å². The molecular weight excluding hydrogens is 263 g/mol. The Morgan fingerprint density at radius 3 is 2.60 bits per heavy atom. The highest BCUT2D eigenvalue weighted by Gasteiger charge is 2.40. The number of aryl methyl sites for hydroxylation is 1. The van der Waals surface area contributed by atoms with Crippen LogP contribution in [-0.2, 0) is 9.59 Å². The summed E-state index contributed by atoms with van der Waals surface area (Å²) in [5, 5.41) is 2.17. The zero-order valence-electron chi connectivity index (χ0n) is 11.3. The van der Waals surface area contributed by atoms with Gasteiger partial charge in [0.05, 0.1) is 5.69 Å². The van der Waals surface area contributed by atoms with Crippen molar-refractivity contribution < 1.29 is 18.8 Å². The predicted molar refractivity (Wildman–Crippen MR) is 70.6 cm³/mol. The Balaban J connectivity index is 2.41. The summed E-state index contributed by atoms with van der Waals surface area (Å²) < 4.78 is 13.1. The Labute approximate surface area is 115 Å². The van der Waals surface area contributed by atoms with Crippen LogP contribution < -0.4 is 10.2 Å². The second-order valence-corrected chi connectivity index (χ2v) is 4.74. The first-order valence-corrected chi connectivity index (χ1v) is 6.40. The summed E-state index contributed by atoms with van der Waals surface area (Å²) in [6, 6.07) is 2.98. The van der Waals surface area contributed by atoms with Gasteiger partial charge in [-0.15, -0.1) is 0 Å². The largest absolute Gasteiger partial charge is 0.335 e. The molecule has 0 spiro atoms. The van der Waals surface area contributed by atoms with Gasteiger partial charge in [0.25, 0.3) is 0 Å². The molecule has 1 aromatic rings. The molecule has 2 rings (SSSR count). The fraction of sp³-hybridized carbons (Fsp3) is 0.357. The van der Waals surface area contributed by atoms with Crippen LogP contribution in [0.25, 0.3) is 0 Å². The number of urea groups is 1. The van der Waals surface area contributed by atoms with Gasteiger partial charge >= 0.3 is 6.03 Å². The highest BCUT2D eigenvalue weighted by molar-refractivity contribution is 6.27. The molecule has 1 saturated heterocycles. The zero-order valence-corrected chi connectivity index (χ0v) is 11.3. The second kappa shape index (κ2) is 5.40. The standard InChI is InChI=1S/C14H15FN2O3/c1-3-4-10-12(18)16-14(20)17(13(10)19)11-6-5-9(15)7-8(11)2/h5-7,10H,3-4H2,1-2H3,(H,16,18,20). The van der Waals surface area contributed by atoms with Crippen molar-refractivity contribution >= 4 is 23.5 Å². The number of halogens is 1. The van der Waals surface area contributed by atoms with Crippen molar-refractivity contribution in [1.82, 2.24) is 5.32 Å². The van der Waals surface area contributed by atoms with E-state index in [0.29, 0.717) is 24.1 Å². The van der Waals surface area contributed by atoms with E-state index in [1.54, 1.807) is 6.92 Å². The Bertz CT molecular complexity index is 586. The number of benzene rings is 1. The van der Waals surface area contributed by atoms with E-state index in [1.165, 1.54) is 18.2 Å². The van der Waals surface area contributed by atoms with Crippen molar-refractivity contribution in [3.63, 3.8) is 0 Å². The highest BCUT2D eigenvalue weighted by atomic mass is 19.1. The summed E-state index contributed by atoms with van der Waals surface area (Å²) >= 11 is 0. The maximum atomic E-state index is 13.1. The minimum Gasteiger partial charge on any atom is -0.277 e. The summed E-state index contributed by atoms with van der Waals surface area (Å²) in [6.07, 6.45) is 1.02. The van der Waals surface area contributed by atoms with E-state index < -0.39 is 29.6 Å². The van der Waals surface area contributed by atoms with Gasteiger partial charge in [-0.25, -0.2) is 14.1 Å². The average Bonchev–Trinajstić information content (AvgIpc) is 2.37. The minimum atomic E-state index is -0.873. The van der Waals surface area contributed by atoms with Crippen molar-refractivity contribution in [2.45, 2.75) is 26.7 Å². The van der Waals surface area contributed by atoms with Crippen LogP contribution in [-0.4, -0.2) is 17.8 Å². The Morgan fingerprint density at radius 2 is 2.00 bits per heavy atom. The third-order valence-corrected chi connectivity index (χ3v) is 3.25. The Kier molecular flexibility index (Phi) is 3.83. The molecule has 1 aliphatic heterocycles. The molecule has 1 aromatic carbocycles. The molecule has 1 atom stereocenters. The molecule has 20 heavy (non-hydrogen) atoms. The van der Waals surface area contributed by atoms with Crippen molar-refractivity contribution in [2.75, 3.05) is 4.90 Å². The van der Waals surface area contributed by atoms with Gasteiger partial charge in [-0.1, -0.05) is 13.3 Å². The quantitative estimate of drug-likeness (QED) is 0.861. The first-order chi connectivity index (χ1) is 9.45. The van der Waals surface area contributed by atoms with Crippen LogP contribution in [0.2, 0.25) is 0 Å². The van der Waals surface area contributed by atoms with Crippen LogP contribution in [0.15, 0.2) is 18.2 Å². The van der Waals surface area contributed by atoms with Crippen LogP contribution >= 0.6 is 0 Å². The smallest absolute Gasteiger partial charge is 0.277 e. The van der Waals surface area contributed by atoms with Gasteiger partial charge in [0.1, 0.15) is 11.7 Å². The molecule has 1 fully saturated rings. The number of imide groups is 2. The number of hydrogen-bond donors (Lipinski definition) is 1. The lowest BCUT2D eigenvalue weighted by Crippen LogP contribution is -2.58. The molecule has 0 radical (unpaired) electrons. The number of amides is 4. The lowest BCUT2D eigenvalue weighted by molar-refractivity contribution is -0.134. The number of rotatable bonds is 3. The van der Waals surface area contributed by atoms with E-state index in [2.05, 4.69) is 5.32 Å². The number of anilines is 1. The molecule has 1 unspecified atom stereocenters. The summed E-state index contributed by atoms with van der Waals surface area (Å²) in [5.41, 5.74) is 0.751. The normalized spacial score (nSPS) is 19.2. The number of carbonyl (C=O) groups excluding carboxylic acids is 3. The van der Waals surface area contributed by atoms with Crippen LogP contribution in [0.5, 0.6) is 0 Å². The van der Waals surface area contributed by atoms with E-state index in [0.717, 1.165) is 4.90 Å². The number of hydrogen-bond acceptors (Lipinski definition) is 3. The van der Waals surface area contributed by atoms with Crippen LogP contribution in [0.1, 0.15) is 25.3 Å². The molecule has 0 saturated carbocycles. The molecule has 6 heteroatoms. The first kappa shape index (κ1) is 14.2. The topological polar surface area (TPSA) is 66.5 Å². The predicted octanol–water partition coefficient (Wildman–Crippen LogP) is 2.13. The number of nitrogens with zero attached hydrogens (tertiary/aromatic N) is 1.